The summed E-state index contributed by atoms with van der Waals surface area (Å²) >= 11 is 0. The van der Waals surface area contributed by atoms with E-state index in [9.17, 15) is 4.79 Å². The second-order valence-electron chi connectivity index (χ2n) is 4.93. The van der Waals surface area contributed by atoms with Crippen LogP contribution >= 0.6 is 0 Å². The molecule has 0 atom stereocenters. The van der Waals surface area contributed by atoms with Crippen molar-refractivity contribution in [3.63, 3.8) is 0 Å². The zero-order valence-corrected chi connectivity index (χ0v) is 12.2. The lowest BCUT2D eigenvalue weighted by Crippen LogP contribution is -2.23. The van der Waals surface area contributed by atoms with Crippen molar-refractivity contribution >= 4 is 5.78 Å². The van der Waals surface area contributed by atoms with Crippen molar-refractivity contribution < 1.29 is 19.0 Å². The Bertz CT molecular complexity index is 450. The fourth-order valence-electron chi connectivity index (χ4n) is 2.26. The highest BCUT2D eigenvalue weighted by Crippen LogP contribution is 2.23. The van der Waals surface area contributed by atoms with Crippen LogP contribution < -0.4 is 4.74 Å². The van der Waals surface area contributed by atoms with Gasteiger partial charge >= 0.3 is 0 Å². The van der Waals surface area contributed by atoms with Gasteiger partial charge in [-0.1, -0.05) is 0 Å². The number of ketones is 1. The SMILES string of the molecule is CCOc1ccc(C(C)=O)cc1COC1CCOCC1. The van der Waals surface area contributed by atoms with Gasteiger partial charge in [0, 0.05) is 24.3 Å². The molecule has 1 saturated heterocycles. The Morgan fingerprint density at radius 1 is 1.35 bits per heavy atom. The molecule has 0 radical (unpaired) electrons. The van der Waals surface area contributed by atoms with Gasteiger partial charge in [0.25, 0.3) is 0 Å². The molecule has 4 nitrogen and oxygen atoms in total. The minimum Gasteiger partial charge on any atom is -0.494 e. The summed E-state index contributed by atoms with van der Waals surface area (Å²) in [6, 6.07) is 5.51. The molecule has 0 aromatic heterocycles. The average Bonchev–Trinajstić information content (AvgIpc) is 2.47. The zero-order valence-electron chi connectivity index (χ0n) is 12.2. The fourth-order valence-corrected chi connectivity index (χ4v) is 2.26. The Labute approximate surface area is 120 Å². The van der Waals surface area contributed by atoms with Gasteiger partial charge in [0.1, 0.15) is 5.75 Å². The third-order valence-electron chi connectivity index (χ3n) is 3.41. The van der Waals surface area contributed by atoms with E-state index in [2.05, 4.69) is 0 Å². The van der Waals surface area contributed by atoms with Gasteiger partial charge in [0.15, 0.2) is 5.78 Å². The van der Waals surface area contributed by atoms with Crippen LogP contribution in [0.15, 0.2) is 18.2 Å². The first-order valence-corrected chi connectivity index (χ1v) is 7.16. The summed E-state index contributed by atoms with van der Waals surface area (Å²) in [7, 11) is 0. The van der Waals surface area contributed by atoms with Gasteiger partial charge in [0.05, 0.1) is 19.3 Å². The van der Waals surface area contributed by atoms with Gasteiger partial charge in [-0.2, -0.15) is 0 Å². The second-order valence-corrected chi connectivity index (χ2v) is 4.93. The number of benzene rings is 1. The van der Waals surface area contributed by atoms with E-state index in [0.29, 0.717) is 18.8 Å². The molecule has 1 aromatic carbocycles. The number of carbonyl (C=O) groups is 1. The van der Waals surface area contributed by atoms with Crippen LogP contribution in [0, 0.1) is 0 Å². The number of Topliss-reactive ketones (excluding diaryl/α,β-unsaturated/α-hetero) is 1. The van der Waals surface area contributed by atoms with E-state index in [1.165, 1.54) is 0 Å². The maximum Gasteiger partial charge on any atom is 0.159 e. The smallest absolute Gasteiger partial charge is 0.159 e. The molecule has 1 aromatic rings. The van der Waals surface area contributed by atoms with Crippen LogP contribution in [0.3, 0.4) is 0 Å². The summed E-state index contributed by atoms with van der Waals surface area (Å²) in [6.45, 7) is 6.11. The van der Waals surface area contributed by atoms with Crippen molar-refractivity contribution in [3.8, 4) is 5.75 Å². The first-order valence-electron chi connectivity index (χ1n) is 7.16. The third kappa shape index (κ3) is 4.05. The highest BCUT2D eigenvalue weighted by Gasteiger charge is 2.15. The molecule has 1 aliphatic heterocycles. The van der Waals surface area contributed by atoms with Gasteiger partial charge < -0.3 is 14.2 Å². The number of hydrogen-bond donors (Lipinski definition) is 0. The molecular formula is C16H22O4. The molecule has 1 fully saturated rings. The van der Waals surface area contributed by atoms with Crippen molar-refractivity contribution in [1.29, 1.82) is 0 Å². The Balaban J connectivity index is 2.06. The molecule has 0 unspecified atom stereocenters. The molecule has 0 amide bonds. The van der Waals surface area contributed by atoms with Crippen LogP contribution in [0.25, 0.3) is 0 Å². The van der Waals surface area contributed by atoms with E-state index in [1.54, 1.807) is 13.0 Å². The maximum absolute atomic E-state index is 11.5. The predicted molar refractivity (Wildman–Crippen MR) is 76.2 cm³/mol. The van der Waals surface area contributed by atoms with Gasteiger partial charge in [0.2, 0.25) is 0 Å². The van der Waals surface area contributed by atoms with Gasteiger partial charge in [-0.05, 0) is 44.9 Å². The minimum absolute atomic E-state index is 0.0559. The summed E-state index contributed by atoms with van der Waals surface area (Å²) in [5.74, 6) is 0.852. The molecule has 2 rings (SSSR count). The number of rotatable bonds is 6. The van der Waals surface area contributed by atoms with Gasteiger partial charge in [-0.15, -0.1) is 0 Å². The van der Waals surface area contributed by atoms with Crippen molar-refractivity contribution in [2.45, 2.75) is 39.4 Å². The normalized spacial score (nSPS) is 16.1. The highest BCUT2D eigenvalue weighted by atomic mass is 16.5. The van der Waals surface area contributed by atoms with E-state index in [0.717, 1.165) is 37.4 Å². The summed E-state index contributed by atoms with van der Waals surface area (Å²) in [4.78, 5) is 11.5. The summed E-state index contributed by atoms with van der Waals surface area (Å²) < 4.78 is 16.8. The van der Waals surface area contributed by atoms with E-state index in [1.807, 2.05) is 19.1 Å². The second kappa shape index (κ2) is 7.41. The Morgan fingerprint density at radius 2 is 2.10 bits per heavy atom. The molecule has 0 saturated carbocycles. The quantitative estimate of drug-likeness (QED) is 0.750. The Morgan fingerprint density at radius 3 is 2.75 bits per heavy atom. The topological polar surface area (TPSA) is 44.8 Å². The van der Waals surface area contributed by atoms with E-state index in [4.69, 9.17) is 14.2 Å². The van der Waals surface area contributed by atoms with Gasteiger partial charge in [-0.25, -0.2) is 0 Å². The molecule has 0 N–H and O–H groups in total. The lowest BCUT2D eigenvalue weighted by atomic mass is 10.1. The van der Waals surface area contributed by atoms with Crippen LogP contribution in [0.5, 0.6) is 5.75 Å². The first kappa shape index (κ1) is 15.0. The molecular weight excluding hydrogens is 256 g/mol. The monoisotopic (exact) mass is 278 g/mol. The highest BCUT2D eigenvalue weighted by molar-refractivity contribution is 5.94. The van der Waals surface area contributed by atoms with Crippen LogP contribution in [-0.4, -0.2) is 31.7 Å². The average molecular weight is 278 g/mol. The Kier molecular flexibility index (Phi) is 5.56. The molecule has 0 bridgehead atoms. The fraction of sp³-hybridized carbons (Fsp3) is 0.562. The number of carbonyl (C=O) groups excluding carboxylic acids is 1. The van der Waals surface area contributed by atoms with E-state index in [-0.39, 0.29) is 11.9 Å². The molecule has 4 heteroatoms. The standard InChI is InChI=1S/C16H22O4/c1-3-19-16-5-4-13(12(2)17)10-14(16)11-20-15-6-8-18-9-7-15/h4-5,10,15H,3,6-9,11H2,1-2H3. The summed E-state index contributed by atoms with van der Waals surface area (Å²) in [5, 5.41) is 0. The molecule has 1 aliphatic rings. The number of hydrogen-bond acceptors (Lipinski definition) is 4. The number of ether oxygens (including phenoxy) is 3. The van der Waals surface area contributed by atoms with Crippen molar-refractivity contribution in [2.75, 3.05) is 19.8 Å². The third-order valence-corrected chi connectivity index (χ3v) is 3.41. The van der Waals surface area contributed by atoms with Crippen LogP contribution in [0.4, 0.5) is 0 Å². The largest absolute Gasteiger partial charge is 0.494 e. The van der Waals surface area contributed by atoms with Crippen LogP contribution in [-0.2, 0) is 16.1 Å². The maximum atomic E-state index is 11.5. The molecule has 110 valence electrons. The molecule has 1 heterocycles. The Hall–Kier alpha value is -1.39. The molecule has 20 heavy (non-hydrogen) atoms. The van der Waals surface area contributed by atoms with Crippen molar-refractivity contribution in [2.24, 2.45) is 0 Å². The minimum atomic E-state index is 0.0559. The molecule has 0 aliphatic carbocycles. The van der Waals surface area contributed by atoms with Crippen LogP contribution in [0.1, 0.15) is 42.6 Å². The summed E-state index contributed by atoms with van der Waals surface area (Å²) in [5.41, 5.74) is 1.63. The molecule has 0 spiro atoms. The van der Waals surface area contributed by atoms with E-state index < -0.39 is 0 Å². The van der Waals surface area contributed by atoms with Crippen molar-refractivity contribution in [3.05, 3.63) is 29.3 Å². The van der Waals surface area contributed by atoms with Crippen LogP contribution in [0.2, 0.25) is 0 Å². The van der Waals surface area contributed by atoms with Crippen molar-refractivity contribution in [1.82, 2.24) is 0 Å². The van der Waals surface area contributed by atoms with E-state index >= 15 is 0 Å². The first-order chi connectivity index (χ1) is 9.70. The summed E-state index contributed by atoms with van der Waals surface area (Å²) in [6.07, 6.45) is 2.09. The lowest BCUT2D eigenvalue weighted by molar-refractivity contribution is -0.0395. The predicted octanol–water partition coefficient (Wildman–Crippen LogP) is 2.98. The zero-order chi connectivity index (χ0) is 14.4. The lowest BCUT2D eigenvalue weighted by Gasteiger charge is -2.23. The van der Waals surface area contributed by atoms with Gasteiger partial charge in [-0.3, -0.25) is 4.79 Å².